The van der Waals surface area contributed by atoms with Crippen LogP contribution in [0.1, 0.15) is 34.3 Å². The van der Waals surface area contributed by atoms with Crippen molar-refractivity contribution in [2.45, 2.75) is 26.3 Å². The zero-order chi connectivity index (χ0) is 31.2. The number of nitrogens with zero attached hydrogens (tertiary/aromatic N) is 5. The molecule has 2 N–H and O–H groups in total. The number of benzene rings is 3. The van der Waals surface area contributed by atoms with Gasteiger partial charge in [-0.25, -0.2) is 4.99 Å². The van der Waals surface area contributed by atoms with Crippen molar-refractivity contribution in [1.82, 2.24) is 9.80 Å². The number of para-hydroxylation sites is 1. The van der Waals surface area contributed by atoms with Gasteiger partial charge in [-0.3, -0.25) is 14.7 Å². The molecule has 11 heteroatoms. The molecule has 1 aliphatic rings. The molecule has 4 rings (SSSR count). The van der Waals surface area contributed by atoms with E-state index in [0.717, 1.165) is 51.1 Å². The van der Waals surface area contributed by atoms with Gasteiger partial charge in [0.05, 0.1) is 22.9 Å². The summed E-state index contributed by atoms with van der Waals surface area (Å²) in [7, 11) is 1.82. The van der Waals surface area contributed by atoms with E-state index in [1.807, 2.05) is 32.2 Å². The number of hydrogen-bond donors (Lipinski definition) is 1. The van der Waals surface area contributed by atoms with E-state index < -0.39 is 0 Å². The first kappa shape index (κ1) is 34.7. The highest BCUT2D eigenvalue weighted by atomic mass is 35.5. The lowest BCUT2D eigenvalue weighted by atomic mass is 10.1. The predicted octanol–water partition coefficient (Wildman–Crippen LogP) is 7.48. The number of hydrogen-bond acceptors (Lipinski definition) is 4. The first-order valence-electron chi connectivity index (χ1n) is 14.1. The summed E-state index contributed by atoms with van der Waals surface area (Å²) in [6.45, 7) is 8.29. The zero-order valence-electron chi connectivity index (χ0n) is 24.5. The van der Waals surface area contributed by atoms with Gasteiger partial charge in [0, 0.05) is 61.1 Å². The van der Waals surface area contributed by atoms with Gasteiger partial charge in [0.15, 0.2) is 0 Å². The molecular weight excluding hydrogens is 626 g/mol. The quantitative estimate of drug-likeness (QED) is 0.139. The maximum absolute atomic E-state index is 12.6. The average molecular weight is 665 g/mol. The molecular formula is C32H38Cl4N6O. The molecule has 0 atom stereocenters. The maximum Gasteiger partial charge on any atom is 0.253 e. The van der Waals surface area contributed by atoms with Gasteiger partial charge in [0.2, 0.25) is 0 Å². The summed E-state index contributed by atoms with van der Waals surface area (Å²) in [5, 5.41) is 2.18. The van der Waals surface area contributed by atoms with Crippen LogP contribution in [0.2, 0.25) is 20.1 Å². The van der Waals surface area contributed by atoms with Crippen LogP contribution in [0.3, 0.4) is 0 Å². The molecule has 0 spiro atoms. The number of aryl methyl sites for hydroxylation is 1. The number of carbonyl (C=O) groups is 1. The molecule has 1 saturated heterocycles. The molecule has 0 radical (unpaired) electrons. The first-order valence-corrected chi connectivity index (χ1v) is 15.6. The lowest BCUT2D eigenvalue weighted by Crippen LogP contribution is -2.47. The summed E-state index contributed by atoms with van der Waals surface area (Å²) < 4.78 is 0. The second kappa shape index (κ2) is 18.1. The Labute approximate surface area is 274 Å². The van der Waals surface area contributed by atoms with Crippen LogP contribution in [0.15, 0.2) is 70.6 Å². The Balaban J connectivity index is 0.000000480. The topological polar surface area (TPSA) is 77.5 Å². The molecule has 43 heavy (non-hydrogen) atoms. The van der Waals surface area contributed by atoms with Crippen LogP contribution >= 0.6 is 46.4 Å². The number of anilines is 1. The normalized spacial score (nSPS) is 13.8. The Kier molecular flexibility index (Phi) is 14.6. The highest BCUT2D eigenvalue weighted by Gasteiger charge is 2.19. The highest BCUT2D eigenvalue weighted by Crippen LogP contribution is 2.24. The van der Waals surface area contributed by atoms with Gasteiger partial charge in [-0.2, -0.15) is 0 Å². The number of piperazine rings is 1. The van der Waals surface area contributed by atoms with Crippen molar-refractivity contribution in [3.8, 4) is 0 Å². The van der Waals surface area contributed by atoms with Crippen LogP contribution in [0, 0.1) is 6.92 Å². The Morgan fingerprint density at radius 3 is 2.28 bits per heavy atom. The molecule has 3 aromatic carbocycles. The predicted molar refractivity (Wildman–Crippen MR) is 184 cm³/mol. The van der Waals surface area contributed by atoms with Crippen molar-refractivity contribution >= 4 is 70.7 Å². The largest absolute Gasteiger partial charge is 0.390 e. The molecule has 0 saturated carbocycles. The van der Waals surface area contributed by atoms with E-state index in [1.165, 1.54) is 23.9 Å². The number of halogens is 4. The van der Waals surface area contributed by atoms with Gasteiger partial charge in [0.1, 0.15) is 6.34 Å². The van der Waals surface area contributed by atoms with Gasteiger partial charge in [-0.15, -0.1) is 0 Å². The van der Waals surface area contributed by atoms with Crippen molar-refractivity contribution in [1.29, 1.82) is 0 Å². The summed E-state index contributed by atoms with van der Waals surface area (Å²) in [6, 6.07) is 18.9. The number of carbonyl (C=O) groups excluding carboxylic acids is 1. The summed E-state index contributed by atoms with van der Waals surface area (Å²) in [5.41, 5.74) is 9.32. The molecule has 1 heterocycles. The van der Waals surface area contributed by atoms with Crippen LogP contribution in [0.4, 0.5) is 5.69 Å². The fourth-order valence-electron chi connectivity index (χ4n) is 4.68. The van der Waals surface area contributed by atoms with E-state index >= 15 is 0 Å². The number of rotatable bonds is 10. The van der Waals surface area contributed by atoms with Gasteiger partial charge < -0.3 is 15.5 Å². The minimum Gasteiger partial charge on any atom is -0.390 e. The van der Waals surface area contributed by atoms with E-state index in [2.05, 4.69) is 38.0 Å². The van der Waals surface area contributed by atoms with E-state index in [1.54, 1.807) is 29.2 Å². The van der Waals surface area contributed by atoms with Gasteiger partial charge >= 0.3 is 0 Å². The molecule has 0 aromatic heterocycles. The lowest BCUT2D eigenvalue weighted by Gasteiger charge is -2.37. The van der Waals surface area contributed by atoms with Crippen molar-refractivity contribution in [3.63, 3.8) is 0 Å². The molecule has 1 aliphatic heterocycles. The molecule has 3 aromatic rings. The summed E-state index contributed by atoms with van der Waals surface area (Å²) in [5.74, 6) is -0.0594. The van der Waals surface area contributed by atoms with Crippen LogP contribution in [-0.4, -0.2) is 74.7 Å². The lowest BCUT2D eigenvalue weighted by molar-refractivity contribution is 0.0791. The van der Waals surface area contributed by atoms with Gasteiger partial charge in [-0.1, -0.05) is 70.7 Å². The van der Waals surface area contributed by atoms with Crippen molar-refractivity contribution < 1.29 is 4.79 Å². The molecule has 0 unspecified atom stereocenters. The fraction of sp³-hybridized carbons (Fsp3) is 0.344. The average Bonchev–Trinajstić information content (AvgIpc) is 2.99. The Morgan fingerprint density at radius 2 is 1.63 bits per heavy atom. The second-order valence-electron chi connectivity index (χ2n) is 10.2. The summed E-state index contributed by atoms with van der Waals surface area (Å²) in [4.78, 5) is 27.4. The van der Waals surface area contributed by atoms with Crippen LogP contribution in [0.25, 0.3) is 0 Å². The smallest absolute Gasteiger partial charge is 0.253 e. The number of amides is 1. The molecule has 0 bridgehead atoms. The summed E-state index contributed by atoms with van der Waals surface area (Å²) in [6.07, 6.45) is 4.72. The van der Waals surface area contributed by atoms with E-state index in [-0.39, 0.29) is 5.91 Å². The maximum atomic E-state index is 12.6. The monoisotopic (exact) mass is 662 g/mol. The van der Waals surface area contributed by atoms with Gasteiger partial charge in [-0.05, 0) is 73.8 Å². The van der Waals surface area contributed by atoms with Crippen LogP contribution in [0.5, 0.6) is 0 Å². The number of nitrogens with two attached hydrogens (primary N) is 1. The van der Waals surface area contributed by atoms with Crippen molar-refractivity contribution in [2.24, 2.45) is 15.7 Å². The van der Waals surface area contributed by atoms with E-state index in [0.29, 0.717) is 38.7 Å². The fourth-order valence-corrected chi connectivity index (χ4v) is 5.55. The minimum absolute atomic E-state index is 0.0594. The second-order valence-corrected chi connectivity index (χ2v) is 11.9. The molecule has 230 valence electrons. The Hall–Kier alpha value is -2.81. The van der Waals surface area contributed by atoms with E-state index in [9.17, 15) is 4.79 Å². The third-order valence-electron chi connectivity index (χ3n) is 6.95. The van der Waals surface area contributed by atoms with Crippen LogP contribution < -0.4 is 10.6 Å². The standard InChI is InChI=1S/C25H32Cl2N6O.C7H6Cl2/c1-31(25(34)21-14-22(26)16-23(27)15-21)8-4-5-9-32-10-12-33(13-11-32)24-7-3-2-6-20(24)17-29-19-30-18-28;1-5-2-3-6(8)7(9)4-5/h2-3,6-7,14-16,18-19H,4-5,8-13,17H2,1H3,(H2,28,29,30);2-4H,1H3. The van der Waals surface area contributed by atoms with E-state index in [4.69, 9.17) is 52.1 Å². The van der Waals surface area contributed by atoms with Gasteiger partial charge in [0.25, 0.3) is 5.91 Å². The number of aliphatic imine (C=N–C) groups is 2. The summed E-state index contributed by atoms with van der Waals surface area (Å²) >= 11 is 23.4. The molecule has 1 amide bonds. The SMILES string of the molecule is CN(CCCCN1CCN(c2ccccc2CN=CN=CN)CC1)C(=O)c1cc(Cl)cc(Cl)c1.Cc1ccc(Cl)c(Cl)c1. The van der Waals surface area contributed by atoms with Crippen molar-refractivity contribution in [3.05, 3.63) is 97.4 Å². The number of unbranched alkanes of at least 4 members (excludes halogenated alkanes) is 1. The van der Waals surface area contributed by atoms with Crippen molar-refractivity contribution in [2.75, 3.05) is 51.2 Å². The minimum atomic E-state index is -0.0594. The molecule has 1 fully saturated rings. The molecule has 7 nitrogen and oxygen atoms in total. The Bertz CT molecular complexity index is 1370. The highest BCUT2D eigenvalue weighted by molar-refractivity contribution is 6.42. The third kappa shape index (κ3) is 11.7. The first-order chi connectivity index (χ1) is 20.7. The third-order valence-corrected chi connectivity index (χ3v) is 8.13. The van der Waals surface area contributed by atoms with Crippen LogP contribution in [-0.2, 0) is 6.54 Å². The molecule has 0 aliphatic carbocycles. The Morgan fingerprint density at radius 1 is 0.930 bits per heavy atom. The zero-order valence-corrected chi connectivity index (χ0v) is 27.5.